The van der Waals surface area contributed by atoms with Crippen LogP contribution in [0.25, 0.3) is 0 Å². The molecular weight excluding hydrogens is 256 g/mol. The van der Waals surface area contributed by atoms with Crippen molar-refractivity contribution in [2.75, 3.05) is 19.0 Å². The summed E-state index contributed by atoms with van der Waals surface area (Å²) in [7, 11) is 1.63. The summed E-state index contributed by atoms with van der Waals surface area (Å²) in [4.78, 5) is 14.6. The van der Waals surface area contributed by atoms with Gasteiger partial charge in [-0.2, -0.15) is 5.10 Å². The van der Waals surface area contributed by atoms with Crippen LogP contribution in [0.15, 0.2) is 24.7 Å². The Kier molecular flexibility index (Phi) is 4.01. The van der Waals surface area contributed by atoms with Gasteiger partial charge >= 0.3 is 0 Å². The standard InChI is InChI=1S/C11H13ClN4O2/c1-18-3-2-16-7-9(6-14-16)15-11(17)10-4-8(12)5-13-10/h4-7,13H,2-3H2,1H3,(H,15,17). The van der Waals surface area contributed by atoms with E-state index in [1.54, 1.807) is 36.4 Å². The third-order valence-corrected chi connectivity index (χ3v) is 2.53. The average Bonchev–Trinajstić information content (AvgIpc) is 2.96. The molecule has 0 fully saturated rings. The van der Waals surface area contributed by atoms with Gasteiger partial charge in [-0.1, -0.05) is 11.6 Å². The number of carbonyl (C=O) groups excluding carboxylic acids is 1. The summed E-state index contributed by atoms with van der Waals surface area (Å²) < 4.78 is 6.64. The number of nitrogens with one attached hydrogen (secondary N) is 2. The predicted octanol–water partition coefficient (Wildman–Crippen LogP) is 1.76. The maximum atomic E-state index is 11.8. The minimum absolute atomic E-state index is 0.256. The number of methoxy groups -OCH3 is 1. The number of carbonyl (C=O) groups is 1. The number of amides is 1. The highest BCUT2D eigenvalue weighted by molar-refractivity contribution is 6.31. The molecule has 0 bridgehead atoms. The van der Waals surface area contributed by atoms with Crippen LogP contribution in [0.3, 0.4) is 0 Å². The third-order valence-electron chi connectivity index (χ3n) is 2.31. The molecule has 1 amide bonds. The van der Waals surface area contributed by atoms with E-state index in [1.165, 1.54) is 0 Å². The highest BCUT2D eigenvalue weighted by Gasteiger charge is 2.09. The van der Waals surface area contributed by atoms with Gasteiger partial charge in [-0.05, 0) is 6.07 Å². The van der Waals surface area contributed by atoms with Gasteiger partial charge in [-0.3, -0.25) is 9.48 Å². The predicted molar refractivity (Wildman–Crippen MR) is 67.9 cm³/mol. The van der Waals surface area contributed by atoms with E-state index in [1.807, 2.05) is 0 Å². The average molecular weight is 269 g/mol. The topological polar surface area (TPSA) is 71.9 Å². The van der Waals surface area contributed by atoms with Crippen molar-refractivity contribution < 1.29 is 9.53 Å². The molecule has 2 rings (SSSR count). The van der Waals surface area contributed by atoms with Gasteiger partial charge < -0.3 is 15.0 Å². The van der Waals surface area contributed by atoms with Crippen LogP contribution >= 0.6 is 11.6 Å². The highest BCUT2D eigenvalue weighted by atomic mass is 35.5. The van der Waals surface area contributed by atoms with Gasteiger partial charge in [0.25, 0.3) is 5.91 Å². The molecule has 2 aromatic rings. The Morgan fingerprint density at radius 1 is 1.67 bits per heavy atom. The molecule has 96 valence electrons. The molecule has 0 aromatic carbocycles. The molecule has 0 unspecified atom stereocenters. The summed E-state index contributed by atoms with van der Waals surface area (Å²) in [5.74, 6) is -0.256. The van der Waals surface area contributed by atoms with Gasteiger partial charge in [0.05, 0.1) is 30.1 Å². The van der Waals surface area contributed by atoms with Gasteiger partial charge in [0.2, 0.25) is 0 Å². The van der Waals surface area contributed by atoms with Crippen molar-refractivity contribution in [3.05, 3.63) is 35.4 Å². The van der Waals surface area contributed by atoms with Crippen molar-refractivity contribution in [3.63, 3.8) is 0 Å². The number of rotatable bonds is 5. The first kappa shape index (κ1) is 12.7. The highest BCUT2D eigenvalue weighted by Crippen LogP contribution is 2.12. The van der Waals surface area contributed by atoms with E-state index in [2.05, 4.69) is 15.4 Å². The number of halogens is 1. The Bertz CT molecular complexity index is 535. The molecular formula is C11H13ClN4O2. The summed E-state index contributed by atoms with van der Waals surface area (Å²) in [5.41, 5.74) is 1.03. The molecule has 18 heavy (non-hydrogen) atoms. The van der Waals surface area contributed by atoms with Crippen molar-refractivity contribution in [2.45, 2.75) is 6.54 Å². The first-order chi connectivity index (χ1) is 8.69. The van der Waals surface area contributed by atoms with Crippen LogP contribution in [0, 0.1) is 0 Å². The molecule has 2 heterocycles. The van der Waals surface area contributed by atoms with Crippen LogP contribution in [-0.2, 0) is 11.3 Å². The number of aromatic nitrogens is 3. The fourth-order valence-corrected chi connectivity index (χ4v) is 1.60. The van der Waals surface area contributed by atoms with Crippen LogP contribution in [0.4, 0.5) is 5.69 Å². The minimum Gasteiger partial charge on any atom is -0.383 e. The Balaban J connectivity index is 1.97. The zero-order valence-corrected chi connectivity index (χ0v) is 10.6. The summed E-state index contributed by atoms with van der Waals surface area (Å²) in [6, 6.07) is 1.56. The quantitative estimate of drug-likeness (QED) is 0.868. The van der Waals surface area contributed by atoms with E-state index < -0.39 is 0 Å². The normalized spacial score (nSPS) is 10.6. The number of ether oxygens (including phenoxy) is 1. The summed E-state index contributed by atoms with van der Waals surface area (Å²) >= 11 is 5.73. The van der Waals surface area contributed by atoms with Crippen molar-refractivity contribution in [2.24, 2.45) is 0 Å². The van der Waals surface area contributed by atoms with E-state index in [9.17, 15) is 4.79 Å². The second-order valence-electron chi connectivity index (χ2n) is 3.67. The van der Waals surface area contributed by atoms with Gasteiger partial charge in [-0.25, -0.2) is 0 Å². The number of hydrogen-bond acceptors (Lipinski definition) is 3. The van der Waals surface area contributed by atoms with E-state index in [4.69, 9.17) is 16.3 Å². The molecule has 0 saturated heterocycles. The molecule has 0 aliphatic rings. The lowest BCUT2D eigenvalue weighted by molar-refractivity contribution is 0.102. The second kappa shape index (κ2) is 5.70. The van der Waals surface area contributed by atoms with Crippen molar-refractivity contribution in [1.29, 1.82) is 0 Å². The van der Waals surface area contributed by atoms with Gasteiger partial charge in [0, 0.05) is 19.5 Å². The Morgan fingerprint density at radius 3 is 3.17 bits per heavy atom. The number of nitrogens with zero attached hydrogens (tertiary/aromatic N) is 2. The van der Waals surface area contributed by atoms with Crippen LogP contribution < -0.4 is 5.32 Å². The van der Waals surface area contributed by atoms with Crippen LogP contribution in [0.5, 0.6) is 0 Å². The fourth-order valence-electron chi connectivity index (χ4n) is 1.43. The number of anilines is 1. The largest absolute Gasteiger partial charge is 0.383 e. The summed E-state index contributed by atoms with van der Waals surface area (Å²) in [5, 5.41) is 7.30. The van der Waals surface area contributed by atoms with Gasteiger partial charge in [0.1, 0.15) is 5.69 Å². The fraction of sp³-hybridized carbons (Fsp3) is 0.273. The summed E-state index contributed by atoms with van der Waals surface area (Å²) in [6.07, 6.45) is 4.87. The van der Waals surface area contributed by atoms with Crippen molar-refractivity contribution in [3.8, 4) is 0 Å². The maximum absolute atomic E-state index is 11.8. The smallest absolute Gasteiger partial charge is 0.272 e. The first-order valence-corrected chi connectivity index (χ1v) is 5.73. The molecule has 0 aliphatic heterocycles. The number of hydrogen-bond donors (Lipinski definition) is 2. The molecule has 0 atom stereocenters. The molecule has 0 aliphatic carbocycles. The SMILES string of the molecule is COCCn1cc(NC(=O)c2cc(Cl)c[nH]2)cn1. The van der Waals surface area contributed by atoms with Crippen LogP contribution in [0.1, 0.15) is 10.5 Å². The third kappa shape index (κ3) is 3.12. The van der Waals surface area contributed by atoms with Crippen LogP contribution in [0.2, 0.25) is 5.02 Å². The Morgan fingerprint density at radius 2 is 2.50 bits per heavy atom. The van der Waals surface area contributed by atoms with Crippen molar-refractivity contribution in [1.82, 2.24) is 14.8 Å². The Hall–Kier alpha value is -1.79. The van der Waals surface area contributed by atoms with E-state index in [0.29, 0.717) is 29.6 Å². The zero-order chi connectivity index (χ0) is 13.0. The Labute approximate surface area is 109 Å². The minimum atomic E-state index is -0.256. The number of aromatic amines is 1. The molecule has 0 spiro atoms. The molecule has 7 heteroatoms. The molecule has 0 saturated carbocycles. The van der Waals surface area contributed by atoms with Gasteiger partial charge in [-0.15, -0.1) is 0 Å². The lowest BCUT2D eigenvalue weighted by Gasteiger charge is -2.00. The van der Waals surface area contributed by atoms with Crippen molar-refractivity contribution >= 4 is 23.2 Å². The van der Waals surface area contributed by atoms with E-state index >= 15 is 0 Å². The molecule has 6 nitrogen and oxygen atoms in total. The van der Waals surface area contributed by atoms with E-state index in [0.717, 1.165) is 0 Å². The maximum Gasteiger partial charge on any atom is 0.272 e. The molecule has 2 aromatic heterocycles. The second-order valence-corrected chi connectivity index (χ2v) is 4.11. The monoisotopic (exact) mass is 268 g/mol. The van der Waals surface area contributed by atoms with Gasteiger partial charge in [0.15, 0.2) is 0 Å². The zero-order valence-electron chi connectivity index (χ0n) is 9.81. The molecule has 2 N–H and O–H groups in total. The summed E-state index contributed by atoms with van der Waals surface area (Å²) in [6.45, 7) is 1.21. The molecule has 0 radical (unpaired) electrons. The lowest BCUT2D eigenvalue weighted by atomic mass is 10.4. The lowest BCUT2D eigenvalue weighted by Crippen LogP contribution is -2.11. The van der Waals surface area contributed by atoms with E-state index in [-0.39, 0.29) is 5.91 Å². The number of H-pyrrole nitrogens is 1. The first-order valence-electron chi connectivity index (χ1n) is 5.35. The van der Waals surface area contributed by atoms with Crippen LogP contribution in [-0.4, -0.2) is 34.4 Å².